The Bertz CT molecular complexity index is 176. The predicted octanol–water partition coefficient (Wildman–Crippen LogP) is 3.89. The molecular formula is C10H16Cl2O. The third kappa shape index (κ3) is 8.32. The van der Waals surface area contributed by atoms with Gasteiger partial charge in [0, 0.05) is 17.3 Å². The van der Waals surface area contributed by atoms with Gasteiger partial charge in [0.2, 0.25) is 0 Å². The quantitative estimate of drug-likeness (QED) is 0.363. The van der Waals surface area contributed by atoms with Crippen LogP contribution in [0.25, 0.3) is 0 Å². The molecule has 0 aliphatic heterocycles. The first-order chi connectivity index (χ1) is 6.20. The molecule has 1 nitrogen and oxygen atoms in total. The molecule has 0 heterocycles. The van der Waals surface area contributed by atoms with Crippen LogP contribution in [-0.2, 0) is 4.79 Å². The summed E-state index contributed by atoms with van der Waals surface area (Å²) >= 11 is 11.3. The topological polar surface area (TPSA) is 17.1 Å². The Morgan fingerprint density at radius 2 is 2.00 bits per heavy atom. The molecule has 0 bridgehead atoms. The average Bonchev–Trinajstić information content (AvgIpc) is 2.05. The lowest BCUT2D eigenvalue weighted by atomic mass is 10.2. The van der Waals surface area contributed by atoms with Gasteiger partial charge in [0.1, 0.15) is 0 Å². The van der Waals surface area contributed by atoms with Crippen LogP contribution in [0.1, 0.15) is 39.0 Å². The summed E-state index contributed by atoms with van der Waals surface area (Å²) in [6.45, 7) is 2.14. The fraction of sp³-hybridized carbons (Fsp3) is 0.700. The third-order valence-electron chi connectivity index (χ3n) is 1.68. The van der Waals surface area contributed by atoms with E-state index in [2.05, 4.69) is 6.92 Å². The lowest BCUT2D eigenvalue weighted by molar-refractivity contribution is -0.114. The second-order valence-electron chi connectivity index (χ2n) is 2.95. The molecule has 0 aliphatic carbocycles. The number of halogens is 2. The van der Waals surface area contributed by atoms with Crippen LogP contribution in [0.2, 0.25) is 0 Å². The zero-order valence-corrected chi connectivity index (χ0v) is 9.50. The summed E-state index contributed by atoms with van der Waals surface area (Å²) < 4.78 is 0. The first-order valence-corrected chi connectivity index (χ1v) is 5.56. The number of ketones is 1. The molecule has 0 aliphatic rings. The third-order valence-corrected chi connectivity index (χ3v) is 2.16. The molecule has 0 amide bonds. The molecule has 13 heavy (non-hydrogen) atoms. The molecule has 0 unspecified atom stereocenters. The van der Waals surface area contributed by atoms with Crippen molar-refractivity contribution in [1.82, 2.24) is 0 Å². The summed E-state index contributed by atoms with van der Waals surface area (Å²) in [5.74, 6) is 0.394. The van der Waals surface area contributed by atoms with Gasteiger partial charge < -0.3 is 0 Å². The Hall–Kier alpha value is -0.0100. The van der Waals surface area contributed by atoms with Gasteiger partial charge in [-0.05, 0) is 18.9 Å². The normalized spacial score (nSPS) is 11.8. The molecule has 0 aromatic carbocycles. The van der Waals surface area contributed by atoms with Gasteiger partial charge in [0.05, 0.1) is 0 Å². The van der Waals surface area contributed by atoms with E-state index < -0.39 is 0 Å². The summed E-state index contributed by atoms with van der Waals surface area (Å²) in [6, 6.07) is 0. The fourth-order valence-electron chi connectivity index (χ4n) is 0.956. The maximum Gasteiger partial charge on any atom is 0.158 e. The highest BCUT2D eigenvalue weighted by atomic mass is 35.5. The van der Waals surface area contributed by atoms with Gasteiger partial charge in [-0.15, -0.1) is 11.6 Å². The van der Waals surface area contributed by atoms with Crippen LogP contribution >= 0.6 is 23.2 Å². The van der Waals surface area contributed by atoms with Crippen molar-refractivity contribution in [2.45, 2.75) is 39.0 Å². The van der Waals surface area contributed by atoms with E-state index in [4.69, 9.17) is 23.2 Å². The number of carbonyl (C=O) groups is 1. The van der Waals surface area contributed by atoms with Crippen molar-refractivity contribution in [3.05, 3.63) is 11.1 Å². The van der Waals surface area contributed by atoms with Gasteiger partial charge in [-0.25, -0.2) is 0 Å². The van der Waals surface area contributed by atoms with Crippen molar-refractivity contribution in [2.75, 3.05) is 5.88 Å². The van der Waals surface area contributed by atoms with Gasteiger partial charge in [-0.3, -0.25) is 4.79 Å². The highest BCUT2D eigenvalue weighted by Gasteiger charge is 1.99. The van der Waals surface area contributed by atoms with E-state index in [9.17, 15) is 4.79 Å². The second-order valence-corrected chi connectivity index (χ2v) is 3.82. The predicted molar refractivity (Wildman–Crippen MR) is 58.4 cm³/mol. The minimum absolute atomic E-state index is 0.0245. The molecule has 0 N–H and O–H groups in total. The van der Waals surface area contributed by atoms with E-state index in [0.29, 0.717) is 17.3 Å². The first-order valence-electron chi connectivity index (χ1n) is 4.65. The lowest BCUT2D eigenvalue weighted by Crippen LogP contribution is -1.94. The summed E-state index contributed by atoms with van der Waals surface area (Å²) in [6.07, 6.45) is 6.07. The van der Waals surface area contributed by atoms with E-state index in [0.717, 1.165) is 19.3 Å². The smallest absolute Gasteiger partial charge is 0.158 e. The maximum atomic E-state index is 11.0. The van der Waals surface area contributed by atoms with E-state index in [1.165, 1.54) is 12.5 Å². The van der Waals surface area contributed by atoms with Gasteiger partial charge in [0.15, 0.2) is 5.78 Å². The number of hydrogen-bond donors (Lipinski definition) is 0. The Balaban J connectivity index is 3.67. The number of alkyl halides is 1. The zero-order chi connectivity index (χ0) is 10.1. The minimum Gasteiger partial charge on any atom is -0.295 e. The number of allylic oxidation sites excluding steroid dienone is 2. The average molecular weight is 223 g/mol. The van der Waals surface area contributed by atoms with Crippen molar-refractivity contribution in [3.8, 4) is 0 Å². The molecule has 0 fully saturated rings. The SMILES string of the molecule is CCCCC/C(Cl)=C/C(=O)CCCl. The molecule has 0 rings (SSSR count). The summed E-state index contributed by atoms with van der Waals surface area (Å²) in [7, 11) is 0. The van der Waals surface area contributed by atoms with Crippen LogP contribution in [-0.4, -0.2) is 11.7 Å². The number of unbranched alkanes of at least 4 members (excludes halogenated alkanes) is 2. The van der Waals surface area contributed by atoms with Gasteiger partial charge in [0.25, 0.3) is 0 Å². The van der Waals surface area contributed by atoms with Crippen LogP contribution < -0.4 is 0 Å². The molecule has 0 aromatic heterocycles. The Morgan fingerprint density at radius 1 is 1.31 bits per heavy atom. The highest BCUT2D eigenvalue weighted by molar-refractivity contribution is 6.31. The molecule has 0 atom stereocenters. The molecule has 76 valence electrons. The van der Waals surface area contributed by atoms with Crippen LogP contribution in [0.15, 0.2) is 11.1 Å². The summed E-state index contributed by atoms with van der Waals surface area (Å²) in [4.78, 5) is 11.0. The van der Waals surface area contributed by atoms with E-state index >= 15 is 0 Å². The standard InChI is InChI=1S/C10H16Cl2O/c1-2-3-4-5-9(12)8-10(13)6-7-11/h8H,2-7H2,1H3/b9-8-. The molecule has 0 saturated heterocycles. The van der Waals surface area contributed by atoms with Crippen molar-refractivity contribution in [2.24, 2.45) is 0 Å². The largest absolute Gasteiger partial charge is 0.295 e. The van der Waals surface area contributed by atoms with E-state index in [-0.39, 0.29) is 5.78 Å². The fourth-order valence-corrected chi connectivity index (χ4v) is 1.40. The monoisotopic (exact) mass is 222 g/mol. The molecule has 0 radical (unpaired) electrons. The Labute approximate surface area is 90.1 Å². The summed E-state index contributed by atoms with van der Waals surface area (Å²) in [5.41, 5.74) is 0. The van der Waals surface area contributed by atoms with Crippen LogP contribution in [0, 0.1) is 0 Å². The van der Waals surface area contributed by atoms with Gasteiger partial charge >= 0.3 is 0 Å². The van der Waals surface area contributed by atoms with Crippen LogP contribution in [0.3, 0.4) is 0 Å². The minimum atomic E-state index is 0.0245. The molecule has 0 saturated carbocycles. The molecule has 0 spiro atoms. The second kappa shape index (κ2) is 8.58. The van der Waals surface area contributed by atoms with Crippen molar-refractivity contribution < 1.29 is 4.79 Å². The molecule has 0 aromatic rings. The van der Waals surface area contributed by atoms with Crippen LogP contribution in [0.5, 0.6) is 0 Å². The van der Waals surface area contributed by atoms with E-state index in [1.54, 1.807) is 0 Å². The van der Waals surface area contributed by atoms with E-state index in [1.807, 2.05) is 0 Å². The van der Waals surface area contributed by atoms with Crippen LogP contribution in [0.4, 0.5) is 0 Å². The molecular weight excluding hydrogens is 207 g/mol. The highest BCUT2D eigenvalue weighted by Crippen LogP contribution is 2.13. The van der Waals surface area contributed by atoms with Crippen molar-refractivity contribution >= 4 is 29.0 Å². The number of hydrogen-bond acceptors (Lipinski definition) is 1. The number of rotatable bonds is 7. The first kappa shape index (κ1) is 13.0. The number of carbonyl (C=O) groups excluding carboxylic acids is 1. The summed E-state index contributed by atoms with van der Waals surface area (Å²) in [5, 5.41) is 0.656. The van der Waals surface area contributed by atoms with Crippen molar-refractivity contribution in [1.29, 1.82) is 0 Å². The van der Waals surface area contributed by atoms with Crippen molar-refractivity contribution in [3.63, 3.8) is 0 Å². The maximum absolute atomic E-state index is 11.0. The zero-order valence-electron chi connectivity index (χ0n) is 7.98. The molecule has 3 heteroatoms. The lowest BCUT2D eigenvalue weighted by Gasteiger charge is -1.97. The Morgan fingerprint density at radius 3 is 2.54 bits per heavy atom. The van der Waals surface area contributed by atoms with Gasteiger partial charge in [-0.1, -0.05) is 31.4 Å². The van der Waals surface area contributed by atoms with Gasteiger partial charge in [-0.2, -0.15) is 0 Å². The Kier molecular flexibility index (Phi) is 8.58.